The van der Waals surface area contributed by atoms with Crippen molar-refractivity contribution < 1.29 is 18.4 Å². The molecule has 2 aliphatic rings. The minimum Gasteiger partial charge on any atom is -0.343 e. The van der Waals surface area contributed by atoms with Gasteiger partial charge in [0.2, 0.25) is 11.8 Å². The van der Waals surface area contributed by atoms with Gasteiger partial charge >= 0.3 is 0 Å². The van der Waals surface area contributed by atoms with E-state index in [9.17, 15) is 18.4 Å². The highest BCUT2D eigenvalue weighted by atomic mass is 19.1. The van der Waals surface area contributed by atoms with E-state index < -0.39 is 23.7 Å². The molecule has 2 aliphatic heterocycles. The standard InChI is InChI=1S/C15H17F2N3O2/c1-8-15(22)20-7-11(5-13(20)14(21)19-8)18-6-9-2-3-10(16)4-12(9)17/h2-4,8,11,13,18H,5-7H2,1H3,(H,19,21)/t8-,11-,13-/m0/s1. The zero-order chi connectivity index (χ0) is 15.9. The second-order valence-corrected chi connectivity index (χ2v) is 5.79. The molecule has 0 unspecified atom stereocenters. The average molecular weight is 309 g/mol. The number of fused-ring (bicyclic) bond motifs is 1. The number of carbonyl (C=O) groups excluding carboxylic acids is 2. The Morgan fingerprint density at radius 3 is 2.86 bits per heavy atom. The molecule has 2 amide bonds. The van der Waals surface area contributed by atoms with Crippen molar-refractivity contribution in [1.29, 1.82) is 0 Å². The van der Waals surface area contributed by atoms with E-state index in [0.29, 0.717) is 18.5 Å². The number of amides is 2. The molecule has 0 bridgehead atoms. The molecule has 0 radical (unpaired) electrons. The fraction of sp³-hybridized carbons (Fsp3) is 0.467. The summed E-state index contributed by atoms with van der Waals surface area (Å²) in [5.74, 6) is -1.47. The van der Waals surface area contributed by atoms with Gasteiger partial charge in [-0.2, -0.15) is 0 Å². The van der Waals surface area contributed by atoms with Crippen LogP contribution in [0.25, 0.3) is 0 Å². The normalized spacial score (nSPS) is 27.8. The predicted octanol–water partition coefficient (Wildman–Crippen LogP) is 0.542. The van der Waals surface area contributed by atoms with Crippen LogP contribution in [0.2, 0.25) is 0 Å². The first-order chi connectivity index (χ1) is 10.5. The summed E-state index contributed by atoms with van der Waals surface area (Å²) in [4.78, 5) is 25.5. The van der Waals surface area contributed by atoms with Gasteiger partial charge < -0.3 is 15.5 Å². The van der Waals surface area contributed by atoms with E-state index in [4.69, 9.17) is 0 Å². The second-order valence-electron chi connectivity index (χ2n) is 5.79. The Labute approximate surface area is 126 Å². The van der Waals surface area contributed by atoms with Crippen molar-refractivity contribution in [3.05, 3.63) is 35.4 Å². The van der Waals surface area contributed by atoms with Crippen molar-refractivity contribution in [2.45, 2.75) is 38.0 Å². The Bertz CT molecular complexity index is 623. The predicted molar refractivity (Wildman–Crippen MR) is 74.7 cm³/mol. The van der Waals surface area contributed by atoms with Crippen molar-refractivity contribution >= 4 is 11.8 Å². The van der Waals surface area contributed by atoms with E-state index in [1.807, 2.05) is 0 Å². The minimum atomic E-state index is -0.615. The molecule has 22 heavy (non-hydrogen) atoms. The lowest BCUT2D eigenvalue weighted by molar-refractivity contribution is -0.146. The van der Waals surface area contributed by atoms with Crippen LogP contribution < -0.4 is 10.6 Å². The molecule has 5 nitrogen and oxygen atoms in total. The van der Waals surface area contributed by atoms with Crippen LogP contribution in [0.4, 0.5) is 8.78 Å². The lowest BCUT2D eigenvalue weighted by Crippen LogP contribution is -2.60. The lowest BCUT2D eigenvalue weighted by Gasteiger charge is -2.32. The highest BCUT2D eigenvalue weighted by Gasteiger charge is 2.44. The van der Waals surface area contributed by atoms with Gasteiger partial charge in [0.1, 0.15) is 23.7 Å². The third-order valence-corrected chi connectivity index (χ3v) is 4.21. The first kappa shape index (κ1) is 14.9. The Kier molecular flexibility index (Phi) is 3.82. The molecule has 3 rings (SSSR count). The number of benzene rings is 1. The molecule has 1 aromatic rings. The fourth-order valence-corrected chi connectivity index (χ4v) is 3.02. The number of nitrogens with one attached hydrogen (secondary N) is 2. The first-order valence-corrected chi connectivity index (χ1v) is 7.24. The molecule has 7 heteroatoms. The Morgan fingerprint density at radius 1 is 1.36 bits per heavy atom. The van der Waals surface area contributed by atoms with Crippen LogP contribution in [0.3, 0.4) is 0 Å². The molecule has 0 aliphatic carbocycles. The third-order valence-electron chi connectivity index (χ3n) is 4.21. The summed E-state index contributed by atoms with van der Waals surface area (Å²) >= 11 is 0. The van der Waals surface area contributed by atoms with Crippen molar-refractivity contribution in [2.75, 3.05) is 6.54 Å². The molecule has 1 aromatic carbocycles. The van der Waals surface area contributed by atoms with Crippen LogP contribution >= 0.6 is 0 Å². The summed E-state index contributed by atoms with van der Waals surface area (Å²) in [6.07, 6.45) is 0.493. The van der Waals surface area contributed by atoms with Crippen LogP contribution in [0.15, 0.2) is 18.2 Å². The molecule has 3 atom stereocenters. The van der Waals surface area contributed by atoms with Gasteiger partial charge in [-0.15, -0.1) is 0 Å². The van der Waals surface area contributed by atoms with Crippen LogP contribution in [0, 0.1) is 11.6 Å². The second kappa shape index (κ2) is 5.64. The molecule has 2 saturated heterocycles. The Morgan fingerprint density at radius 2 is 2.14 bits per heavy atom. The zero-order valence-electron chi connectivity index (χ0n) is 12.1. The monoisotopic (exact) mass is 309 g/mol. The number of piperazine rings is 1. The highest BCUT2D eigenvalue weighted by Crippen LogP contribution is 2.23. The van der Waals surface area contributed by atoms with Gasteiger partial charge in [0.15, 0.2) is 0 Å². The molecule has 2 heterocycles. The lowest BCUT2D eigenvalue weighted by atomic mass is 10.1. The number of hydrogen-bond donors (Lipinski definition) is 2. The first-order valence-electron chi connectivity index (χ1n) is 7.24. The van der Waals surface area contributed by atoms with Crippen LogP contribution in [0.1, 0.15) is 18.9 Å². The summed E-state index contributed by atoms with van der Waals surface area (Å²) in [5, 5.41) is 5.78. The number of carbonyl (C=O) groups is 2. The fourth-order valence-electron chi connectivity index (χ4n) is 3.02. The van der Waals surface area contributed by atoms with Crippen molar-refractivity contribution in [3.63, 3.8) is 0 Å². The van der Waals surface area contributed by atoms with E-state index in [0.717, 1.165) is 6.07 Å². The van der Waals surface area contributed by atoms with Crippen molar-refractivity contribution in [1.82, 2.24) is 15.5 Å². The number of hydrogen-bond acceptors (Lipinski definition) is 3. The van der Waals surface area contributed by atoms with Gasteiger partial charge in [0, 0.05) is 30.8 Å². The molecular formula is C15H17F2N3O2. The van der Waals surface area contributed by atoms with E-state index in [-0.39, 0.29) is 24.4 Å². The maximum Gasteiger partial charge on any atom is 0.245 e. The summed E-state index contributed by atoms with van der Waals surface area (Å²) < 4.78 is 26.5. The quantitative estimate of drug-likeness (QED) is 0.857. The van der Waals surface area contributed by atoms with Gasteiger partial charge in [0.05, 0.1) is 0 Å². The smallest absolute Gasteiger partial charge is 0.245 e. The third kappa shape index (κ3) is 2.68. The van der Waals surface area contributed by atoms with E-state index in [2.05, 4.69) is 10.6 Å². The Hall–Kier alpha value is -2.02. The van der Waals surface area contributed by atoms with E-state index >= 15 is 0 Å². The van der Waals surface area contributed by atoms with E-state index in [1.165, 1.54) is 12.1 Å². The summed E-state index contributed by atoms with van der Waals surface area (Å²) in [5.41, 5.74) is 0.357. The summed E-state index contributed by atoms with van der Waals surface area (Å²) in [7, 11) is 0. The van der Waals surface area contributed by atoms with E-state index in [1.54, 1.807) is 11.8 Å². The summed E-state index contributed by atoms with van der Waals surface area (Å²) in [6.45, 7) is 2.30. The molecule has 0 saturated carbocycles. The van der Waals surface area contributed by atoms with Crippen LogP contribution in [-0.2, 0) is 16.1 Å². The van der Waals surface area contributed by atoms with Gasteiger partial charge in [-0.05, 0) is 19.4 Å². The topological polar surface area (TPSA) is 61.4 Å². The molecule has 118 valence electrons. The molecule has 0 spiro atoms. The maximum absolute atomic E-state index is 13.6. The van der Waals surface area contributed by atoms with Crippen molar-refractivity contribution in [3.8, 4) is 0 Å². The largest absolute Gasteiger partial charge is 0.343 e. The van der Waals surface area contributed by atoms with Gasteiger partial charge in [-0.3, -0.25) is 9.59 Å². The number of rotatable bonds is 3. The van der Waals surface area contributed by atoms with Crippen molar-refractivity contribution in [2.24, 2.45) is 0 Å². The van der Waals surface area contributed by atoms with Gasteiger partial charge in [-0.25, -0.2) is 8.78 Å². The molecular weight excluding hydrogens is 292 g/mol. The minimum absolute atomic E-state index is 0.0885. The Balaban J connectivity index is 1.63. The van der Waals surface area contributed by atoms with Crippen LogP contribution in [0.5, 0.6) is 0 Å². The van der Waals surface area contributed by atoms with Crippen LogP contribution in [-0.4, -0.2) is 41.4 Å². The SMILES string of the molecule is C[C@@H]1NC(=O)[C@@H]2C[C@H](NCc3ccc(F)cc3F)CN2C1=O. The molecule has 2 fully saturated rings. The number of halogens is 2. The summed E-state index contributed by atoms with van der Waals surface area (Å²) in [6, 6.07) is 2.38. The average Bonchev–Trinajstić information content (AvgIpc) is 2.89. The molecule has 0 aromatic heterocycles. The van der Waals surface area contributed by atoms with Gasteiger partial charge in [-0.1, -0.05) is 6.07 Å². The number of nitrogens with zero attached hydrogens (tertiary/aromatic N) is 1. The van der Waals surface area contributed by atoms with Gasteiger partial charge in [0.25, 0.3) is 0 Å². The zero-order valence-corrected chi connectivity index (χ0v) is 12.1. The highest BCUT2D eigenvalue weighted by molar-refractivity contribution is 5.97. The molecule has 2 N–H and O–H groups in total. The maximum atomic E-state index is 13.6.